The van der Waals surface area contributed by atoms with Crippen LogP contribution in [-0.2, 0) is 21.1 Å². The van der Waals surface area contributed by atoms with Gasteiger partial charge in [-0.15, -0.1) is 0 Å². The molecule has 118 valence electrons. The minimum atomic E-state index is -2.92. The van der Waals surface area contributed by atoms with E-state index in [-0.39, 0.29) is 17.6 Å². The Kier molecular flexibility index (Phi) is 5.61. The van der Waals surface area contributed by atoms with Gasteiger partial charge in [0, 0.05) is 25.8 Å². The zero-order valence-corrected chi connectivity index (χ0v) is 13.4. The summed E-state index contributed by atoms with van der Waals surface area (Å²) in [7, 11) is -1.25. The number of hydrogen-bond acceptors (Lipinski definition) is 5. The molecule has 1 atom stereocenters. The first kappa shape index (κ1) is 16.3. The summed E-state index contributed by atoms with van der Waals surface area (Å²) in [5, 5.41) is 3.29. The third-order valence-corrected chi connectivity index (χ3v) is 5.30. The van der Waals surface area contributed by atoms with Gasteiger partial charge in [0.25, 0.3) is 0 Å². The highest BCUT2D eigenvalue weighted by Gasteiger charge is 2.30. The Hall–Kier alpha value is -1.11. The summed E-state index contributed by atoms with van der Waals surface area (Å²) < 4.78 is 34.1. The highest BCUT2D eigenvalue weighted by atomic mass is 32.2. The van der Waals surface area contributed by atoms with Crippen molar-refractivity contribution < 1.29 is 17.9 Å². The van der Waals surface area contributed by atoms with Gasteiger partial charge in [-0.1, -0.05) is 18.2 Å². The number of hydrogen-bond donors (Lipinski definition) is 1. The van der Waals surface area contributed by atoms with Crippen molar-refractivity contribution in [2.75, 3.05) is 31.8 Å². The Labute approximate surface area is 126 Å². The Bertz CT molecular complexity index is 571. The molecule has 6 heteroatoms. The number of ether oxygens (including phenoxy) is 2. The van der Waals surface area contributed by atoms with Gasteiger partial charge >= 0.3 is 0 Å². The average molecular weight is 313 g/mol. The van der Waals surface area contributed by atoms with Crippen LogP contribution in [0.1, 0.15) is 17.5 Å². The third kappa shape index (κ3) is 4.69. The number of methoxy groups -OCH3 is 1. The molecule has 1 aromatic carbocycles. The van der Waals surface area contributed by atoms with Gasteiger partial charge < -0.3 is 14.8 Å². The molecule has 1 saturated heterocycles. The monoisotopic (exact) mass is 313 g/mol. The van der Waals surface area contributed by atoms with Crippen LogP contribution in [0, 0.1) is 6.92 Å². The molecule has 0 radical (unpaired) electrons. The van der Waals surface area contributed by atoms with Crippen molar-refractivity contribution in [1.82, 2.24) is 5.32 Å². The van der Waals surface area contributed by atoms with E-state index in [0.717, 1.165) is 23.4 Å². The molecule has 0 amide bonds. The molecule has 1 aliphatic rings. The first-order valence-electron chi connectivity index (χ1n) is 7.17. The largest absolute Gasteiger partial charge is 0.489 e. The van der Waals surface area contributed by atoms with E-state index in [1.165, 1.54) is 0 Å². The normalized spacial score (nSPS) is 20.6. The van der Waals surface area contributed by atoms with E-state index >= 15 is 0 Å². The van der Waals surface area contributed by atoms with Crippen LogP contribution in [0.5, 0.6) is 5.75 Å². The number of nitrogens with one attached hydrogen (secondary N) is 1. The van der Waals surface area contributed by atoms with Crippen molar-refractivity contribution in [3.8, 4) is 5.75 Å². The van der Waals surface area contributed by atoms with Gasteiger partial charge in [-0.05, 0) is 18.9 Å². The topological polar surface area (TPSA) is 64.6 Å². The molecule has 1 unspecified atom stereocenters. The molecular weight excluding hydrogens is 290 g/mol. The molecule has 0 aliphatic carbocycles. The van der Waals surface area contributed by atoms with Gasteiger partial charge in [0.2, 0.25) is 0 Å². The van der Waals surface area contributed by atoms with Crippen LogP contribution in [0.2, 0.25) is 0 Å². The van der Waals surface area contributed by atoms with Crippen molar-refractivity contribution in [1.29, 1.82) is 0 Å². The molecule has 0 bridgehead atoms. The smallest absolute Gasteiger partial charge is 0.154 e. The standard InChI is InChI=1S/C15H23NO4S/c1-12-4-3-5-13(10-16-7-8-19-2)15(12)20-14-6-9-21(17,18)11-14/h3-5,14,16H,6-11H2,1-2H3. The van der Waals surface area contributed by atoms with Crippen LogP contribution in [-0.4, -0.2) is 46.3 Å². The van der Waals surface area contributed by atoms with Crippen LogP contribution in [0.15, 0.2) is 18.2 Å². The maximum absolute atomic E-state index is 11.5. The van der Waals surface area contributed by atoms with Crippen molar-refractivity contribution in [3.63, 3.8) is 0 Å². The maximum atomic E-state index is 11.5. The summed E-state index contributed by atoms with van der Waals surface area (Å²) in [5.41, 5.74) is 2.08. The zero-order chi connectivity index (χ0) is 15.3. The molecule has 21 heavy (non-hydrogen) atoms. The first-order valence-corrected chi connectivity index (χ1v) is 8.99. The minimum Gasteiger partial charge on any atom is -0.489 e. The summed E-state index contributed by atoms with van der Waals surface area (Å²) in [6.45, 7) is 4.09. The Morgan fingerprint density at radius 2 is 2.19 bits per heavy atom. The Balaban J connectivity index is 2.03. The van der Waals surface area contributed by atoms with Crippen molar-refractivity contribution in [3.05, 3.63) is 29.3 Å². The van der Waals surface area contributed by atoms with Gasteiger partial charge in [-0.3, -0.25) is 0 Å². The fourth-order valence-corrected chi connectivity index (χ4v) is 4.03. The zero-order valence-electron chi connectivity index (χ0n) is 12.6. The molecule has 0 spiro atoms. The molecule has 1 N–H and O–H groups in total. The molecular formula is C15H23NO4S. The van der Waals surface area contributed by atoms with Gasteiger partial charge in [0.05, 0.1) is 18.1 Å². The Morgan fingerprint density at radius 1 is 1.38 bits per heavy atom. The van der Waals surface area contributed by atoms with E-state index in [4.69, 9.17) is 9.47 Å². The molecule has 0 aromatic heterocycles. The van der Waals surface area contributed by atoms with Crippen LogP contribution >= 0.6 is 0 Å². The van der Waals surface area contributed by atoms with E-state index in [2.05, 4.69) is 5.32 Å². The van der Waals surface area contributed by atoms with Gasteiger partial charge in [-0.25, -0.2) is 8.42 Å². The van der Waals surface area contributed by atoms with Crippen LogP contribution < -0.4 is 10.1 Å². The third-order valence-electron chi connectivity index (χ3n) is 3.57. The van der Waals surface area contributed by atoms with E-state index in [0.29, 0.717) is 19.6 Å². The Morgan fingerprint density at radius 3 is 2.86 bits per heavy atom. The number of benzene rings is 1. The van der Waals surface area contributed by atoms with Crippen LogP contribution in [0.25, 0.3) is 0 Å². The fraction of sp³-hybridized carbons (Fsp3) is 0.600. The average Bonchev–Trinajstić information content (AvgIpc) is 2.77. The van der Waals surface area contributed by atoms with E-state index in [1.807, 2.05) is 25.1 Å². The van der Waals surface area contributed by atoms with E-state index in [9.17, 15) is 8.42 Å². The summed E-state index contributed by atoms with van der Waals surface area (Å²) in [5.74, 6) is 1.16. The summed E-state index contributed by atoms with van der Waals surface area (Å²) in [4.78, 5) is 0. The second kappa shape index (κ2) is 7.24. The van der Waals surface area contributed by atoms with Gasteiger partial charge in [-0.2, -0.15) is 0 Å². The molecule has 1 aromatic rings. The number of sulfone groups is 1. The van der Waals surface area contributed by atoms with Gasteiger partial charge in [0.15, 0.2) is 9.84 Å². The minimum absolute atomic E-state index is 0.123. The lowest BCUT2D eigenvalue weighted by atomic mass is 10.1. The highest BCUT2D eigenvalue weighted by molar-refractivity contribution is 7.91. The lowest BCUT2D eigenvalue weighted by Gasteiger charge is -2.18. The van der Waals surface area contributed by atoms with Crippen molar-refractivity contribution in [2.24, 2.45) is 0 Å². The summed E-state index contributed by atoms with van der Waals surface area (Å²) in [6, 6.07) is 5.98. The molecule has 5 nitrogen and oxygen atoms in total. The molecule has 0 saturated carbocycles. The summed E-state index contributed by atoms with van der Waals surface area (Å²) in [6.07, 6.45) is 0.349. The predicted molar refractivity (Wildman–Crippen MR) is 82.4 cm³/mol. The molecule has 1 heterocycles. The van der Waals surface area contributed by atoms with E-state index < -0.39 is 9.84 Å². The quantitative estimate of drug-likeness (QED) is 0.769. The number of aryl methyl sites for hydroxylation is 1. The number of rotatable bonds is 7. The van der Waals surface area contributed by atoms with Crippen LogP contribution in [0.4, 0.5) is 0 Å². The fourth-order valence-electron chi connectivity index (χ4n) is 2.44. The van der Waals surface area contributed by atoms with Crippen LogP contribution in [0.3, 0.4) is 0 Å². The first-order chi connectivity index (χ1) is 10.0. The predicted octanol–water partition coefficient (Wildman–Crippen LogP) is 1.30. The van der Waals surface area contributed by atoms with E-state index in [1.54, 1.807) is 7.11 Å². The lowest BCUT2D eigenvalue weighted by Crippen LogP contribution is -2.22. The molecule has 1 fully saturated rings. The molecule has 1 aliphatic heterocycles. The summed E-state index contributed by atoms with van der Waals surface area (Å²) >= 11 is 0. The van der Waals surface area contributed by atoms with Crippen molar-refractivity contribution in [2.45, 2.75) is 26.0 Å². The number of para-hydroxylation sites is 1. The maximum Gasteiger partial charge on any atom is 0.154 e. The second-order valence-electron chi connectivity index (χ2n) is 5.38. The second-order valence-corrected chi connectivity index (χ2v) is 7.60. The highest BCUT2D eigenvalue weighted by Crippen LogP contribution is 2.27. The van der Waals surface area contributed by atoms with Gasteiger partial charge in [0.1, 0.15) is 11.9 Å². The SMILES string of the molecule is COCCNCc1cccc(C)c1OC1CCS(=O)(=O)C1. The molecule has 2 rings (SSSR count). The van der Waals surface area contributed by atoms with Crippen molar-refractivity contribution >= 4 is 9.84 Å². The lowest BCUT2D eigenvalue weighted by molar-refractivity contribution is 0.198.